The van der Waals surface area contributed by atoms with Crippen molar-refractivity contribution < 1.29 is 28.5 Å². The van der Waals surface area contributed by atoms with E-state index in [4.69, 9.17) is 24.7 Å². The van der Waals surface area contributed by atoms with Crippen molar-refractivity contribution >= 4 is 23.7 Å². The van der Waals surface area contributed by atoms with Gasteiger partial charge < -0.3 is 34.9 Å². The SMILES string of the molecule is COC[C@H](NC(=O)OC[C@@H](C1CCCCC1)N1Cc2cc(Oc3ccccc3)ccc2N=C1N)C(=O)OC. The Morgan fingerprint density at radius 2 is 1.82 bits per heavy atom. The summed E-state index contributed by atoms with van der Waals surface area (Å²) in [4.78, 5) is 31.2. The van der Waals surface area contributed by atoms with Crippen LogP contribution in [-0.4, -0.2) is 62.4 Å². The van der Waals surface area contributed by atoms with Crippen LogP contribution in [0.4, 0.5) is 10.5 Å². The molecule has 2 aromatic carbocycles. The normalized spacial score (nSPS) is 17.0. The molecule has 1 fully saturated rings. The number of benzene rings is 2. The van der Waals surface area contributed by atoms with Crippen LogP contribution in [0.3, 0.4) is 0 Å². The lowest BCUT2D eigenvalue weighted by atomic mass is 9.83. The topological polar surface area (TPSA) is 125 Å². The Kier molecular flexibility index (Phi) is 9.42. The maximum absolute atomic E-state index is 12.6. The number of hydrogen-bond donors (Lipinski definition) is 2. The second-order valence-corrected chi connectivity index (χ2v) is 9.54. The first kappa shape index (κ1) is 27.3. The molecule has 3 N–H and O–H groups in total. The zero-order valence-electron chi connectivity index (χ0n) is 21.9. The molecule has 1 aliphatic carbocycles. The monoisotopic (exact) mass is 524 g/mol. The van der Waals surface area contributed by atoms with E-state index in [9.17, 15) is 9.59 Å². The number of para-hydroxylation sites is 1. The van der Waals surface area contributed by atoms with Crippen LogP contribution in [0.15, 0.2) is 53.5 Å². The molecule has 10 heteroatoms. The molecule has 204 valence electrons. The summed E-state index contributed by atoms with van der Waals surface area (Å²) in [5.41, 5.74) is 8.23. The fourth-order valence-electron chi connectivity index (χ4n) is 5.05. The van der Waals surface area contributed by atoms with E-state index >= 15 is 0 Å². The Bertz CT molecular complexity index is 1120. The van der Waals surface area contributed by atoms with Crippen LogP contribution in [0.1, 0.15) is 37.7 Å². The van der Waals surface area contributed by atoms with Crippen molar-refractivity contribution in [3.63, 3.8) is 0 Å². The number of hydrogen-bond acceptors (Lipinski definition) is 9. The number of rotatable bonds is 10. The Labute approximate surface area is 223 Å². The van der Waals surface area contributed by atoms with E-state index in [2.05, 4.69) is 10.3 Å². The molecule has 1 amide bonds. The van der Waals surface area contributed by atoms with E-state index in [1.54, 1.807) is 0 Å². The summed E-state index contributed by atoms with van der Waals surface area (Å²) in [6, 6.07) is 14.2. The lowest BCUT2D eigenvalue weighted by molar-refractivity contribution is -0.144. The van der Waals surface area contributed by atoms with E-state index < -0.39 is 18.1 Å². The minimum absolute atomic E-state index is 0.0241. The number of amides is 1. The smallest absolute Gasteiger partial charge is 0.407 e. The zero-order valence-corrected chi connectivity index (χ0v) is 21.9. The predicted molar refractivity (Wildman–Crippen MR) is 142 cm³/mol. The average Bonchev–Trinajstić information content (AvgIpc) is 2.94. The Morgan fingerprint density at radius 3 is 2.53 bits per heavy atom. The van der Waals surface area contributed by atoms with Gasteiger partial charge in [-0.1, -0.05) is 37.5 Å². The number of esters is 1. The molecule has 0 saturated heterocycles. The highest BCUT2D eigenvalue weighted by Crippen LogP contribution is 2.35. The summed E-state index contributed by atoms with van der Waals surface area (Å²) in [7, 11) is 2.69. The molecule has 0 unspecified atom stereocenters. The first-order chi connectivity index (χ1) is 18.5. The van der Waals surface area contributed by atoms with Crippen LogP contribution in [-0.2, 0) is 25.5 Å². The maximum atomic E-state index is 12.6. The third kappa shape index (κ3) is 6.95. The number of guanidine groups is 1. The van der Waals surface area contributed by atoms with E-state index in [-0.39, 0.29) is 25.2 Å². The number of carbonyl (C=O) groups excluding carboxylic acids is 2. The number of alkyl carbamates (subject to hydrolysis) is 1. The lowest BCUT2D eigenvalue weighted by Gasteiger charge is -2.40. The number of nitrogens with two attached hydrogens (primary N) is 1. The first-order valence-electron chi connectivity index (χ1n) is 12.9. The summed E-state index contributed by atoms with van der Waals surface area (Å²) in [5, 5.41) is 2.53. The second-order valence-electron chi connectivity index (χ2n) is 9.54. The van der Waals surface area contributed by atoms with Gasteiger partial charge in [-0.15, -0.1) is 0 Å². The summed E-state index contributed by atoms with van der Waals surface area (Å²) in [6.07, 6.45) is 4.72. The lowest BCUT2D eigenvalue weighted by Crippen LogP contribution is -2.52. The Hall–Kier alpha value is -3.79. The molecule has 0 aromatic heterocycles. The van der Waals surface area contributed by atoms with Crippen molar-refractivity contribution in [3.8, 4) is 11.5 Å². The minimum Gasteiger partial charge on any atom is -0.467 e. The van der Waals surface area contributed by atoms with Crippen molar-refractivity contribution in [1.29, 1.82) is 0 Å². The van der Waals surface area contributed by atoms with Gasteiger partial charge >= 0.3 is 12.1 Å². The van der Waals surface area contributed by atoms with Gasteiger partial charge in [0.2, 0.25) is 0 Å². The third-order valence-corrected chi connectivity index (χ3v) is 6.99. The van der Waals surface area contributed by atoms with E-state index in [1.807, 2.05) is 53.4 Å². The number of fused-ring (bicyclic) bond motifs is 1. The highest BCUT2D eigenvalue weighted by Gasteiger charge is 2.34. The number of ether oxygens (including phenoxy) is 4. The van der Waals surface area contributed by atoms with Gasteiger partial charge in [-0.3, -0.25) is 0 Å². The number of aliphatic imine (C=N–C) groups is 1. The molecule has 0 bridgehead atoms. The number of nitrogens with one attached hydrogen (secondary N) is 1. The molecular weight excluding hydrogens is 488 g/mol. The number of nitrogens with zero attached hydrogens (tertiary/aromatic N) is 2. The molecular formula is C28H36N4O6. The minimum atomic E-state index is -0.956. The van der Waals surface area contributed by atoms with Crippen LogP contribution in [0.5, 0.6) is 11.5 Å². The Morgan fingerprint density at radius 1 is 1.05 bits per heavy atom. The van der Waals surface area contributed by atoms with Crippen molar-refractivity contribution in [2.75, 3.05) is 27.4 Å². The summed E-state index contributed by atoms with van der Waals surface area (Å²) in [5.74, 6) is 1.53. The Balaban J connectivity index is 1.49. The van der Waals surface area contributed by atoms with Gasteiger partial charge in [0.05, 0.1) is 25.4 Å². The second kappa shape index (κ2) is 13.1. The molecule has 1 heterocycles. The molecule has 2 atom stereocenters. The molecule has 4 rings (SSSR count). The van der Waals surface area contributed by atoms with Crippen LogP contribution in [0.2, 0.25) is 0 Å². The zero-order chi connectivity index (χ0) is 26.9. The highest BCUT2D eigenvalue weighted by atomic mass is 16.6. The van der Waals surface area contributed by atoms with Crippen molar-refractivity contribution in [2.24, 2.45) is 16.6 Å². The van der Waals surface area contributed by atoms with Crippen molar-refractivity contribution in [3.05, 3.63) is 54.1 Å². The van der Waals surface area contributed by atoms with Crippen molar-refractivity contribution in [2.45, 2.75) is 50.7 Å². The van der Waals surface area contributed by atoms with E-state index in [0.717, 1.165) is 42.7 Å². The van der Waals surface area contributed by atoms with Crippen LogP contribution >= 0.6 is 0 Å². The maximum Gasteiger partial charge on any atom is 0.407 e. The average molecular weight is 525 g/mol. The van der Waals surface area contributed by atoms with Gasteiger partial charge in [-0.2, -0.15) is 0 Å². The van der Waals surface area contributed by atoms with E-state index in [0.29, 0.717) is 18.3 Å². The van der Waals surface area contributed by atoms with E-state index in [1.165, 1.54) is 20.6 Å². The van der Waals surface area contributed by atoms with Gasteiger partial charge in [-0.05, 0) is 49.1 Å². The van der Waals surface area contributed by atoms with Gasteiger partial charge in [0.15, 0.2) is 12.0 Å². The van der Waals surface area contributed by atoms with Gasteiger partial charge in [0.1, 0.15) is 18.1 Å². The number of carbonyl (C=O) groups is 2. The van der Waals surface area contributed by atoms with Gasteiger partial charge in [0, 0.05) is 19.2 Å². The molecule has 10 nitrogen and oxygen atoms in total. The standard InChI is InChI=1S/C28H36N4O6/c1-35-17-24(26(33)36-2)31-28(34)37-18-25(19-9-5-3-6-10-19)32-16-20-15-22(13-14-23(20)30-27(32)29)38-21-11-7-4-8-12-21/h4,7-8,11-15,19,24-25H,3,5-6,9-10,16-18H2,1-2H3,(H2,29,30)(H,31,34)/t24-,25-/m0/s1. The molecule has 2 aliphatic rings. The summed E-state index contributed by atoms with van der Waals surface area (Å²) >= 11 is 0. The van der Waals surface area contributed by atoms with Crippen molar-refractivity contribution in [1.82, 2.24) is 10.2 Å². The van der Waals surface area contributed by atoms with Crippen LogP contribution < -0.4 is 15.8 Å². The predicted octanol–water partition coefficient (Wildman–Crippen LogP) is 4.10. The highest BCUT2D eigenvalue weighted by molar-refractivity contribution is 5.84. The fraction of sp³-hybridized carbons (Fsp3) is 0.464. The fourth-order valence-corrected chi connectivity index (χ4v) is 5.05. The van der Waals surface area contributed by atoms with Gasteiger partial charge in [-0.25, -0.2) is 14.6 Å². The summed E-state index contributed by atoms with van der Waals surface area (Å²) in [6.45, 7) is 0.587. The van der Waals surface area contributed by atoms with Gasteiger partial charge in [0.25, 0.3) is 0 Å². The van der Waals surface area contributed by atoms with Crippen LogP contribution in [0, 0.1) is 5.92 Å². The molecule has 38 heavy (non-hydrogen) atoms. The summed E-state index contributed by atoms with van der Waals surface area (Å²) < 4.78 is 21.4. The quantitative estimate of drug-likeness (QED) is 0.445. The molecule has 1 saturated carbocycles. The first-order valence-corrected chi connectivity index (χ1v) is 12.9. The largest absolute Gasteiger partial charge is 0.467 e. The van der Waals surface area contributed by atoms with Crippen LogP contribution in [0.25, 0.3) is 0 Å². The number of methoxy groups -OCH3 is 2. The molecule has 0 spiro atoms. The third-order valence-electron chi connectivity index (χ3n) is 6.99. The molecule has 1 aliphatic heterocycles. The molecule has 2 aromatic rings. The molecule has 0 radical (unpaired) electrons.